The number of thiophene rings is 1. The molecule has 2 aromatic rings. The molecule has 1 atom stereocenters. The lowest BCUT2D eigenvalue weighted by molar-refractivity contribution is 0.0938. The first-order chi connectivity index (χ1) is 10.9. The van der Waals surface area contributed by atoms with Crippen molar-refractivity contribution in [2.75, 3.05) is 5.32 Å². The molecule has 0 saturated carbocycles. The van der Waals surface area contributed by atoms with E-state index in [2.05, 4.69) is 10.6 Å². The predicted molar refractivity (Wildman–Crippen MR) is 95.4 cm³/mol. The fraction of sp³-hybridized carbons (Fsp3) is 0.333. The SMILES string of the molecule is CCC(C)NC(=O)c1ccc(NC(=O)c2cc(C)sc2C)cc1. The molecule has 0 fully saturated rings. The van der Waals surface area contributed by atoms with Gasteiger partial charge in [0.25, 0.3) is 11.8 Å². The van der Waals surface area contributed by atoms with Gasteiger partial charge in [0.15, 0.2) is 0 Å². The van der Waals surface area contributed by atoms with Crippen LogP contribution in [-0.4, -0.2) is 17.9 Å². The zero-order valence-electron chi connectivity index (χ0n) is 13.9. The molecule has 0 aliphatic heterocycles. The van der Waals surface area contributed by atoms with Gasteiger partial charge in [0.1, 0.15) is 0 Å². The Morgan fingerprint density at radius 1 is 1.13 bits per heavy atom. The number of aryl methyl sites for hydroxylation is 2. The third-order valence-corrected chi connectivity index (χ3v) is 4.65. The van der Waals surface area contributed by atoms with E-state index in [9.17, 15) is 9.59 Å². The number of amides is 2. The number of hydrogen-bond donors (Lipinski definition) is 2. The van der Waals surface area contributed by atoms with Crippen molar-refractivity contribution >= 4 is 28.8 Å². The van der Waals surface area contributed by atoms with Crippen molar-refractivity contribution in [2.45, 2.75) is 40.2 Å². The minimum absolute atomic E-state index is 0.0958. The minimum Gasteiger partial charge on any atom is -0.350 e. The molecule has 0 aliphatic rings. The van der Waals surface area contributed by atoms with Crippen molar-refractivity contribution < 1.29 is 9.59 Å². The molecule has 1 heterocycles. The molecule has 2 amide bonds. The van der Waals surface area contributed by atoms with Crippen molar-refractivity contribution in [1.82, 2.24) is 5.32 Å². The summed E-state index contributed by atoms with van der Waals surface area (Å²) in [4.78, 5) is 26.4. The minimum atomic E-state index is -0.122. The summed E-state index contributed by atoms with van der Waals surface area (Å²) in [5.74, 6) is -0.217. The van der Waals surface area contributed by atoms with E-state index < -0.39 is 0 Å². The van der Waals surface area contributed by atoms with Crippen molar-refractivity contribution in [3.8, 4) is 0 Å². The molecule has 0 bridgehead atoms. The summed E-state index contributed by atoms with van der Waals surface area (Å²) in [5.41, 5.74) is 1.97. The molecule has 0 saturated heterocycles. The number of nitrogens with one attached hydrogen (secondary N) is 2. The lowest BCUT2D eigenvalue weighted by Gasteiger charge is -2.11. The van der Waals surface area contributed by atoms with E-state index in [0.717, 1.165) is 16.2 Å². The van der Waals surface area contributed by atoms with Gasteiger partial charge in [-0.3, -0.25) is 9.59 Å². The molecule has 0 radical (unpaired) electrons. The summed E-state index contributed by atoms with van der Waals surface area (Å²) in [7, 11) is 0. The maximum Gasteiger partial charge on any atom is 0.256 e. The van der Waals surface area contributed by atoms with Crippen LogP contribution in [0.2, 0.25) is 0 Å². The van der Waals surface area contributed by atoms with E-state index in [-0.39, 0.29) is 17.9 Å². The van der Waals surface area contributed by atoms with Crippen LogP contribution in [0, 0.1) is 13.8 Å². The van der Waals surface area contributed by atoms with E-state index >= 15 is 0 Å². The van der Waals surface area contributed by atoms with Gasteiger partial charge in [0, 0.05) is 27.0 Å². The predicted octanol–water partition coefficient (Wildman–Crippen LogP) is 4.15. The lowest BCUT2D eigenvalue weighted by atomic mass is 10.1. The molecular formula is C18H22N2O2S. The second-order valence-corrected chi connectivity index (χ2v) is 7.10. The summed E-state index contributed by atoms with van der Waals surface area (Å²) < 4.78 is 0. The molecule has 0 spiro atoms. The topological polar surface area (TPSA) is 58.2 Å². The summed E-state index contributed by atoms with van der Waals surface area (Å²) in [6.07, 6.45) is 0.888. The quantitative estimate of drug-likeness (QED) is 0.865. The van der Waals surface area contributed by atoms with Crippen molar-refractivity contribution in [1.29, 1.82) is 0 Å². The number of carbonyl (C=O) groups is 2. The summed E-state index contributed by atoms with van der Waals surface area (Å²) >= 11 is 1.61. The average molecular weight is 330 g/mol. The normalized spacial score (nSPS) is 11.8. The number of hydrogen-bond acceptors (Lipinski definition) is 3. The van der Waals surface area contributed by atoms with Gasteiger partial charge in [0.2, 0.25) is 0 Å². The van der Waals surface area contributed by atoms with Crippen molar-refractivity contribution in [3.63, 3.8) is 0 Å². The van der Waals surface area contributed by atoms with Crippen LogP contribution in [-0.2, 0) is 0 Å². The van der Waals surface area contributed by atoms with Gasteiger partial charge in [-0.05, 0) is 57.5 Å². The number of anilines is 1. The molecule has 2 N–H and O–H groups in total. The van der Waals surface area contributed by atoms with Gasteiger partial charge in [-0.25, -0.2) is 0 Å². The summed E-state index contributed by atoms with van der Waals surface area (Å²) in [5, 5.41) is 5.78. The van der Waals surface area contributed by atoms with Crippen LogP contribution in [0.3, 0.4) is 0 Å². The number of benzene rings is 1. The molecule has 122 valence electrons. The Labute approximate surface area is 140 Å². The van der Waals surface area contributed by atoms with Crippen molar-refractivity contribution in [3.05, 3.63) is 51.2 Å². The Bertz CT molecular complexity index is 704. The monoisotopic (exact) mass is 330 g/mol. The number of carbonyl (C=O) groups excluding carboxylic acids is 2. The highest BCUT2D eigenvalue weighted by Crippen LogP contribution is 2.22. The first kappa shape index (κ1) is 17.2. The van der Waals surface area contributed by atoms with Crippen LogP contribution < -0.4 is 10.6 Å². The summed E-state index contributed by atoms with van der Waals surface area (Å²) in [6.45, 7) is 7.92. The first-order valence-corrected chi connectivity index (χ1v) is 8.51. The maximum absolute atomic E-state index is 12.3. The fourth-order valence-electron chi connectivity index (χ4n) is 2.17. The second kappa shape index (κ2) is 7.42. The van der Waals surface area contributed by atoms with Crippen molar-refractivity contribution in [2.24, 2.45) is 0 Å². The highest BCUT2D eigenvalue weighted by Gasteiger charge is 2.13. The van der Waals surface area contributed by atoms with E-state index in [4.69, 9.17) is 0 Å². The van der Waals surface area contributed by atoms with E-state index in [0.29, 0.717) is 16.8 Å². The lowest BCUT2D eigenvalue weighted by Crippen LogP contribution is -2.31. The molecule has 2 rings (SSSR count). The third-order valence-electron chi connectivity index (χ3n) is 3.68. The summed E-state index contributed by atoms with van der Waals surface area (Å²) in [6, 6.07) is 8.98. The first-order valence-electron chi connectivity index (χ1n) is 7.70. The third kappa shape index (κ3) is 4.42. The molecule has 1 aromatic heterocycles. The zero-order valence-corrected chi connectivity index (χ0v) is 14.7. The molecule has 23 heavy (non-hydrogen) atoms. The molecule has 4 nitrogen and oxygen atoms in total. The van der Waals surface area contributed by atoms with Crippen LogP contribution in [0.15, 0.2) is 30.3 Å². The highest BCUT2D eigenvalue weighted by molar-refractivity contribution is 7.12. The van der Waals surface area contributed by atoms with Crippen LogP contribution in [0.5, 0.6) is 0 Å². The Hall–Kier alpha value is -2.14. The van der Waals surface area contributed by atoms with Crippen LogP contribution in [0.25, 0.3) is 0 Å². The molecular weight excluding hydrogens is 308 g/mol. The maximum atomic E-state index is 12.3. The largest absolute Gasteiger partial charge is 0.350 e. The van der Waals surface area contributed by atoms with Crippen LogP contribution >= 0.6 is 11.3 Å². The van der Waals surface area contributed by atoms with Gasteiger partial charge in [0.05, 0.1) is 5.56 Å². The van der Waals surface area contributed by atoms with Gasteiger partial charge in [-0.2, -0.15) is 0 Å². The second-order valence-electron chi connectivity index (χ2n) is 5.64. The molecule has 0 aliphatic carbocycles. The number of rotatable bonds is 5. The smallest absolute Gasteiger partial charge is 0.256 e. The van der Waals surface area contributed by atoms with Gasteiger partial charge in [-0.15, -0.1) is 11.3 Å². The fourth-order valence-corrected chi connectivity index (χ4v) is 3.09. The standard InChI is InChI=1S/C18H22N2O2S/c1-5-11(2)19-17(21)14-6-8-15(9-7-14)20-18(22)16-10-12(3)23-13(16)4/h6-11H,5H2,1-4H3,(H,19,21)(H,20,22). The average Bonchev–Trinajstić information content (AvgIpc) is 2.86. The van der Waals surface area contributed by atoms with E-state index in [1.807, 2.05) is 33.8 Å². The Morgan fingerprint density at radius 3 is 2.30 bits per heavy atom. The van der Waals surface area contributed by atoms with E-state index in [1.165, 1.54) is 0 Å². The van der Waals surface area contributed by atoms with Crippen LogP contribution in [0.4, 0.5) is 5.69 Å². The Kier molecular flexibility index (Phi) is 5.55. The Balaban J connectivity index is 2.04. The molecule has 5 heteroatoms. The molecule has 1 unspecified atom stereocenters. The van der Waals surface area contributed by atoms with Gasteiger partial charge >= 0.3 is 0 Å². The van der Waals surface area contributed by atoms with Gasteiger partial charge in [-0.1, -0.05) is 6.92 Å². The zero-order chi connectivity index (χ0) is 17.0. The van der Waals surface area contributed by atoms with Gasteiger partial charge < -0.3 is 10.6 Å². The molecule has 1 aromatic carbocycles. The highest BCUT2D eigenvalue weighted by atomic mass is 32.1. The Morgan fingerprint density at radius 2 is 1.78 bits per heavy atom. The van der Waals surface area contributed by atoms with E-state index in [1.54, 1.807) is 35.6 Å². The van der Waals surface area contributed by atoms with Crippen LogP contribution in [0.1, 0.15) is 50.7 Å².